The molecule has 0 aliphatic carbocycles. The number of carbonyl (C=O) groups is 1. The van der Waals surface area contributed by atoms with Gasteiger partial charge in [0.05, 0.1) is 30.5 Å². The number of ether oxygens (including phenoxy) is 2. The van der Waals surface area contributed by atoms with Crippen LogP contribution in [0.3, 0.4) is 0 Å². The third-order valence-corrected chi connectivity index (χ3v) is 2.17. The normalized spacial score (nSPS) is 10.5. The van der Waals surface area contributed by atoms with E-state index in [2.05, 4.69) is 4.98 Å². The van der Waals surface area contributed by atoms with Crippen LogP contribution in [0.2, 0.25) is 0 Å². The second kappa shape index (κ2) is 5.56. The molecule has 0 spiro atoms. The summed E-state index contributed by atoms with van der Waals surface area (Å²) in [6.07, 6.45) is -1.75. The van der Waals surface area contributed by atoms with Crippen LogP contribution in [0, 0.1) is 6.92 Å². The fourth-order valence-electron chi connectivity index (χ4n) is 1.45. The Hall–Kier alpha value is -1.72. The first-order valence-electron chi connectivity index (χ1n) is 5.01. The number of methoxy groups -OCH3 is 1. The lowest BCUT2D eigenvalue weighted by atomic mass is 10.1. The van der Waals surface area contributed by atoms with Crippen LogP contribution in [-0.4, -0.2) is 24.7 Å². The van der Waals surface area contributed by atoms with E-state index >= 15 is 0 Å². The second-order valence-corrected chi connectivity index (χ2v) is 3.23. The highest BCUT2D eigenvalue weighted by atomic mass is 19.3. The largest absolute Gasteiger partial charge is 0.494 e. The zero-order valence-corrected chi connectivity index (χ0v) is 9.79. The molecule has 1 heterocycles. The molecule has 0 aliphatic rings. The molecule has 0 amide bonds. The van der Waals surface area contributed by atoms with E-state index in [-0.39, 0.29) is 17.9 Å². The van der Waals surface area contributed by atoms with Gasteiger partial charge in [-0.2, -0.15) is 0 Å². The minimum Gasteiger partial charge on any atom is -0.494 e. The topological polar surface area (TPSA) is 48.4 Å². The van der Waals surface area contributed by atoms with Crippen LogP contribution in [0.1, 0.15) is 35.0 Å². The van der Waals surface area contributed by atoms with Crippen molar-refractivity contribution in [2.24, 2.45) is 0 Å². The van der Waals surface area contributed by atoms with Gasteiger partial charge in [-0.1, -0.05) is 0 Å². The van der Waals surface area contributed by atoms with E-state index in [4.69, 9.17) is 9.47 Å². The average molecular weight is 245 g/mol. The first kappa shape index (κ1) is 13.3. The monoisotopic (exact) mass is 245 g/mol. The highest BCUT2D eigenvalue weighted by Gasteiger charge is 2.26. The van der Waals surface area contributed by atoms with Gasteiger partial charge in [0.15, 0.2) is 0 Å². The third-order valence-electron chi connectivity index (χ3n) is 2.17. The number of aromatic nitrogens is 1. The van der Waals surface area contributed by atoms with E-state index in [9.17, 15) is 13.6 Å². The average Bonchev–Trinajstić information content (AvgIpc) is 2.28. The van der Waals surface area contributed by atoms with Crippen LogP contribution in [-0.2, 0) is 4.74 Å². The van der Waals surface area contributed by atoms with Crippen molar-refractivity contribution in [2.45, 2.75) is 20.3 Å². The molecule has 0 aliphatic heterocycles. The Morgan fingerprint density at radius 3 is 2.65 bits per heavy atom. The maximum Gasteiger partial charge on any atom is 0.340 e. The molecular formula is C11H13F2NO3. The Balaban J connectivity index is 3.35. The molecule has 0 saturated heterocycles. The summed E-state index contributed by atoms with van der Waals surface area (Å²) in [7, 11) is 1.25. The number of halogens is 2. The Morgan fingerprint density at radius 1 is 1.53 bits per heavy atom. The summed E-state index contributed by atoms with van der Waals surface area (Å²) in [5, 5.41) is 0. The molecule has 1 aromatic heterocycles. The van der Waals surface area contributed by atoms with Crippen LogP contribution in [0.25, 0.3) is 0 Å². The van der Waals surface area contributed by atoms with E-state index in [0.717, 1.165) is 6.20 Å². The predicted octanol–water partition coefficient (Wildman–Crippen LogP) is 2.51. The van der Waals surface area contributed by atoms with Crippen LogP contribution in [0.5, 0.6) is 5.75 Å². The highest BCUT2D eigenvalue weighted by molar-refractivity contribution is 5.91. The van der Waals surface area contributed by atoms with Crippen LogP contribution >= 0.6 is 0 Å². The number of alkyl halides is 2. The molecule has 0 fully saturated rings. The van der Waals surface area contributed by atoms with E-state index < -0.39 is 18.0 Å². The molecule has 0 saturated carbocycles. The second-order valence-electron chi connectivity index (χ2n) is 3.23. The Morgan fingerprint density at radius 2 is 2.18 bits per heavy atom. The summed E-state index contributed by atoms with van der Waals surface area (Å²) in [5.74, 6) is -0.904. The van der Waals surface area contributed by atoms with Crippen molar-refractivity contribution in [2.75, 3.05) is 13.7 Å². The molecule has 4 nitrogen and oxygen atoms in total. The molecule has 0 aromatic carbocycles. The molecule has 94 valence electrons. The number of hydrogen-bond donors (Lipinski definition) is 0. The number of esters is 1. The van der Waals surface area contributed by atoms with E-state index in [1.807, 2.05) is 0 Å². The van der Waals surface area contributed by atoms with Gasteiger partial charge in [0.25, 0.3) is 6.43 Å². The zero-order valence-electron chi connectivity index (χ0n) is 9.79. The summed E-state index contributed by atoms with van der Waals surface area (Å²) in [6.45, 7) is 3.23. The molecule has 0 N–H and O–H groups in total. The number of carbonyl (C=O) groups excluding carboxylic acids is 1. The van der Waals surface area contributed by atoms with Crippen molar-refractivity contribution in [1.29, 1.82) is 0 Å². The van der Waals surface area contributed by atoms with Crippen LogP contribution in [0.15, 0.2) is 6.20 Å². The number of nitrogens with zero attached hydrogens (tertiary/aromatic N) is 1. The molecule has 0 bridgehead atoms. The number of rotatable bonds is 4. The van der Waals surface area contributed by atoms with Gasteiger partial charge in [0.2, 0.25) is 0 Å². The maximum atomic E-state index is 12.9. The lowest BCUT2D eigenvalue weighted by Crippen LogP contribution is -2.11. The Labute approximate surface area is 97.6 Å². The summed E-state index contributed by atoms with van der Waals surface area (Å²) < 4.78 is 35.4. The molecule has 0 unspecified atom stereocenters. The van der Waals surface area contributed by atoms with Gasteiger partial charge in [-0.25, -0.2) is 13.6 Å². The first-order valence-corrected chi connectivity index (χ1v) is 5.01. The molecule has 1 rings (SSSR count). The summed E-state index contributed by atoms with van der Waals surface area (Å²) in [4.78, 5) is 15.3. The van der Waals surface area contributed by atoms with Crippen molar-refractivity contribution >= 4 is 5.97 Å². The van der Waals surface area contributed by atoms with Gasteiger partial charge >= 0.3 is 5.97 Å². The van der Waals surface area contributed by atoms with Gasteiger partial charge in [-0.15, -0.1) is 0 Å². The molecular weight excluding hydrogens is 232 g/mol. The molecule has 6 heteroatoms. The first-order chi connectivity index (χ1) is 8.02. The van der Waals surface area contributed by atoms with Crippen molar-refractivity contribution in [1.82, 2.24) is 4.98 Å². The lowest BCUT2D eigenvalue weighted by molar-refractivity contribution is 0.0513. The van der Waals surface area contributed by atoms with Gasteiger partial charge < -0.3 is 9.47 Å². The van der Waals surface area contributed by atoms with Crippen LogP contribution < -0.4 is 4.74 Å². The fourth-order valence-corrected chi connectivity index (χ4v) is 1.45. The van der Waals surface area contributed by atoms with Gasteiger partial charge in [0.1, 0.15) is 5.75 Å². The minimum atomic E-state index is -2.83. The van der Waals surface area contributed by atoms with Crippen LogP contribution in [0.4, 0.5) is 8.78 Å². The Bertz CT molecular complexity index is 421. The molecule has 0 atom stereocenters. The maximum absolute atomic E-state index is 12.9. The standard InChI is InChI=1S/C11H13F2NO3/c1-4-17-11(15)7-5-14-6(2)9(16-3)8(7)10(12)13/h5,10H,4H2,1-3H3. The van der Waals surface area contributed by atoms with Gasteiger partial charge in [-0.05, 0) is 13.8 Å². The Kier molecular flexibility index (Phi) is 4.37. The summed E-state index contributed by atoms with van der Waals surface area (Å²) in [6, 6.07) is 0. The molecule has 0 radical (unpaired) electrons. The minimum absolute atomic E-state index is 0.0782. The molecule has 1 aromatic rings. The highest BCUT2D eigenvalue weighted by Crippen LogP contribution is 2.33. The third kappa shape index (κ3) is 2.69. The quantitative estimate of drug-likeness (QED) is 0.765. The van der Waals surface area contributed by atoms with Crippen molar-refractivity contribution in [3.63, 3.8) is 0 Å². The summed E-state index contributed by atoms with van der Waals surface area (Å²) >= 11 is 0. The number of aryl methyl sites for hydroxylation is 1. The van der Waals surface area contributed by atoms with Gasteiger partial charge in [0, 0.05) is 6.20 Å². The van der Waals surface area contributed by atoms with Crippen molar-refractivity contribution < 1.29 is 23.0 Å². The van der Waals surface area contributed by atoms with E-state index in [1.165, 1.54) is 14.0 Å². The lowest BCUT2D eigenvalue weighted by Gasteiger charge is -2.13. The molecule has 17 heavy (non-hydrogen) atoms. The van der Waals surface area contributed by atoms with Crippen molar-refractivity contribution in [3.05, 3.63) is 23.0 Å². The van der Waals surface area contributed by atoms with E-state index in [1.54, 1.807) is 6.92 Å². The fraction of sp³-hybridized carbons (Fsp3) is 0.455. The zero-order chi connectivity index (χ0) is 13.0. The SMILES string of the molecule is CCOC(=O)c1cnc(C)c(OC)c1C(F)F. The van der Waals surface area contributed by atoms with Crippen molar-refractivity contribution in [3.8, 4) is 5.75 Å². The predicted molar refractivity (Wildman–Crippen MR) is 56.4 cm³/mol. The smallest absolute Gasteiger partial charge is 0.340 e. The number of pyridine rings is 1. The number of hydrogen-bond acceptors (Lipinski definition) is 4. The van der Waals surface area contributed by atoms with E-state index in [0.29, 0.717) is 5.69 Å². The summed E-state index contributed by atoms with van der Waals surface area (Å²) in [5.41, 5.74) is -0.432. The van der Waals surface area contributed by atoms with Gasteiger partial charge in [-0.3, -0.25) is 4.98 Å².